The first kappa shape index (κ1) is 18.8. The number of carbonyl (C=O) groups excluding carboxylic acids is 2. The number of pyridine rings is 1. The Balaban J connectivity index is 1.45. The van der Waals surface area contributed by atoms with Crippen molar-refractivity contribution in [3.63, 3.8) is 0 Å². The fourth-order valence-electron chi connectivity index (χ4n) is 3.15. The molecule has 1 aromatic heterocycles. The van der Waals surface area contributed by atoms with Gasteiger partial charge in [-0.25, -0.2) is 0 Å². The molecule has 1 aliphatic rings. The highest BCUT2D eigenvalue weighted by molar-refractivity contribution is 5.94. The molecule has 0 aliphatic carbocycles. The van der Waals surface area contributed by atoms with E-state index in [-0.39, 0.29) is 17.4 Å². The molecule has 1 saturated heterocycles. The van der Waals surface area contributed by atoms with Crippen LogP contribution in [-0.2, 0) is 11.2 Å². The molecule has 1 aromatic carbocycles. The summed E-state index contributed by atoms with van der Waals surface area (Å²) in [5.41, 5.74) is 2.33. The fraction of sp³-hybridized carbons (Fsp3) is 0.350. The quantitative estimate of drug-likeness (QED) is 0.834. The number of anilines is 1. The Bertz CT molecular complexity index is 832. The molecule has 0 radical (unpaired) electrons. The van der Waals surface area contributed by atoms with Crippen molar-refractivity contribution in [1.82, 2.24) is 14.8 Å². The van der Waals surface area contributed by atoms with Gasteiger partial charge in [-0.1, -0.05) is 12.1 Å². The molecule has 2 N–H and O–H groups in total. The van der Waals surface area contributed by atoms with E-state index < -0.39 is 0 Å². The van der Waals surface area contributed by atoms with Gasteiger partial charge in [0, 0.05) is 57.6 Å². The molecular weight excluding hydrogens is 344 g/mol. The van der Waals surface area contributed by atoms with Crippen LogP contribution in [0.1, 0.15) is 22.8 Å². The third-order valence-electron chi connectivity index (χ3n) is 4.68. The second-order valence-corrected chi connectivity index (χ2v) is 6.70. The van der Waals surface area contributed by atoms with Crippen LogP contribution in [0, 0.1) is 0 Å². The molecular formula is C20H24N4O3. The minimum atomic E-state index is -0.207. The van der Waals surface area contributed by atoms with Crippen LogP contribution in [0.4, 0.5) is 5.69 Å². The fourth-order valence-corrected chi connectivity index (χ4v) is 3.15. The summed E-state index contributed by atoms with van der Waals surface area (Å²) < 4.78 is 0. The summed E-state index contributed by atoms with van der Waals surface area (Å²) in [6.45, 7) is 5.45. The summed E-state index contributed by atoms with van der Waals surface area (Å²) in [6.07, 6.45) is 2.40. The summed E-state index contributed by atoms with van der Waals surface area (Å²) in [4.78, 5) is 41.3. The largest absolute Gasteiger partial charge is 0.336 e. The molecule has 1 fully saturated rings. The van der Waals surface area contributed by atoms with Crippen LogP contribution in [0.5, 0.6) is 0 Å². The first-order chi connectivity index (χ1) is 13.0. The molecule has 0 bridgehead atoms. The van der Waals surface area contributed by atoms with Crippen molar-refractivity contribution in [2.75, 3.05) is 38.0 Å². The van der Waals surface area contributed by atoms with Crippen molar-refractivity contribution in [3.8, 4) is 0 Å². The number of H-pyrrole nitrogens is 1. The molecule has 2 aromatic rings. The highest BCUT2D eigenvalue weighted by Crippen LogP contribution is 2.12. The van der Waals surface area contributed by atoms with Gasteiger partial charge in [-0.2, -0.15) is 0 Å². The van der Waals surface area contributed by atoms with E-state index in [2.05, 4.69) is 15.2 Å². The molecule has 7 heteroatoms. The van der Waals surface area contributed by atoms with Crippen molar-refractivity contribution < 1.29 is 9.59 Å². The second-order valence-electron chi connectivity index (χ2n) is 6.70. The minimum absolute atomic E-state index is 0.0422. The SMILES string of the molecule is CC(=O)Nc1ccc(CCN2CCN(C(=O)c3ccc(=O)[nH]c3)CC2)cc1. The van der Waals surface area contributed by atoms with Gasteiger partial charge in [0.25, 0.3) is 5.91 Å². The maximum absolute atomic E-state index is 12.5. The number of amides is 2. The van der Waals surface area contributed by atoms with Crippen LogP contribution >= 0.6 is 0 Å². The Morgan fingerprint density at radius 3 is 2.33 bits per heavy atom. The molecule has 0 atom stereocenters. The van der Waals surface area contributed by atoms with E-state index in [4.69, 9.17) is 0 Å². The van der Waals surface area contributed by atoms with Gasteiger partial charge >= 0.3 is 0 Å². The van der Waals surface area contributed by atoms with Gasteiger partial charge in [-0.3, -0.25) is 19.3 Å². The van der Waals surface area contributed by atoms with Crippen molar-refractivity contribution >= 4 is 17.5 Å². The van der Waals surface area contributed by atoms with Crippen molar-refractivity contribution in [3.05, 3.63) is 64.1 Å². The van der Waals surface area contributed by atoms with Crippen LogP contribution in [0.25, 0.3) is 0 Å². The summed E-state index contributed by atoms with van der Waals surface area (Å²) in [5, 5.41) is 2.76. The van der Waals surface area contributed by atoms with Gasteiger partial charge in [-0.15, -0.1) is 0 Å². The Hall–Kier alpha value is -2.93. The Morgan fingerprint density at radius 2 is 1.74 bits per heavy atom. The summed E-state index contributed by atoms with van der Waals surface area (Å²) in [5.74, 6) is -0.114. The predicted molar refractivity (Wildman–Crippen MR) is 104 cm³/mol. The zero-order valence-electron chi connectivity index (χ0n) is 15.4. The van der Waals surface area contributed by atoms with E-state index in [0.717, 1.165) is 31.7 Å². The van der Waals surface area contributed by atoms with E-state index in [1.807, 2.05) is 29.2 Å². The molecule has 7 nitrogen and oxygen atoms in total. The maximum atomic E-state index is 12.5. The Kier molecular flexibility index (Phi) is 6.03. The number of benzene rings is 1. The van der Waals surface area contributed by atoms with Gasteiger partial charge in [0.2, 0.25) is 11.5 Å². The van der Waals surface area contributed by atoms with Crippen molar-refractivity contribution in [2.45, 2.75) is 13.3 Å². The van der Waals surface area contributed by atoms with Gasteiger partial charge in [0.1, 0.15) is 0 Å². The number of carbonyl (C=O) groups is 2. The number of nitrogens with zero attached hydrogens (tertiary/aromatic N) is 2. The zero-order chi connectivity index (χ0) is 19.2. The monoisotopic (exact) mass is 368 g/mol. The topological polar surface area (TPSA) is 85.5 Å². The first-order valence-corrected chi connectivity index (χ1v) is 9.08. The number of piperazine rings is 1. The average molecular weight is 368 g/mol. The number of aromatic nitrogens is 1. The third kappa shape index (κ3) is 5.27. The van der Waals surface area contributed by atoms with E-state index in [0.29, 0.717) is 18.7 Å². The summed E-state index contributed by atoms with van der Waals surface area (Å²) >= 11 is 0. The lowest BCUT2D eigenvalue weighted by Crippen LogP contribution is -2.49. The van der Waals surface area contributed by atoms with Crippen LogP contribution < -0.4 is 10.9 Å². The molecule has 27 heavy (non-hydrogen) atoms. The van der Waals surface area contributed by atoms with Gasteiger partial charge in [0.15, 0.2) is 0 Å². The van der Waals surface area contributed by atoms with E-state index in [1.54, 1.807) is 6.07 Å². The van der Waals surface area contributed by atoms with E-state index >= 15 is 0 Å². The van der Waals surface area contributed by atoms with E-state index in [1.165, 1.54) is 24.8 Å². The maximum Gasteiger partial charge on any atom is 0.255 e. The molecule has 3 rings (SSSR count). The number of rotatable bonds is 5. The van der Waals surface area contributed by atoms with E-state index in [9.17, 15) is 14.4 Å². The standard InChI is InChI=1S/C20H24N4O3/c1-15(25)22-18-5-2-16(3-6-18)8-9-23-10-12-24(13-11-23)20(27)17-4-7-19(26)21-14-17/h2-7,14H,8-13H2,1H3,(H,21,26)(H,22,25). The molecule has 0 unspecified atom stereocenters. The number of hydrogen-bond donors (Lipinski definition) is 2. The number of nitrogens with one attached hydrogen (secondary N) is 2. The minimum Gasteiger partial charge on any atom is -0.336 e. The van der Waals surface area contributed by atoms with Crippen molar-refractivity contribution in [2.24, 2.45) is 0 Å². The zero-order valence-corrected chi connectivity index (χ0v) is 15.4. The lowest BCUT2D eigenvalue weighted by molar-refractivity contribution is -0.114. The van der Waals surface area contributed by atoms with Gasteiger partial charge in [0.05, 0.1) is 5.56 Å². The third-order valence-corrected chi connectivity index (χ3v) is 4.68. The lowest BCUT2D eigenvalue weighted by Gasteiger charge is -2.34. The lowest BCUT2D eigenvalue weighted by atomic mass is 10.1. The molecule has 2 heterocycles. The normalized spacial score (nSPS) is 14.8. The highest BCUT2D eigenvalue weighted by atomic mass is 16.2. The molecule has 1 aliphatic heterocycles. The Morgan fingerprint density at radius 1 is 1.04 bits per heavy atom. The number of hydrogen-bond acceptors (Lipinski definition) is 4. The number of aromatic amines is 1. The smallest absolute Gasteiger partial charge is 0.255 e. The van der Waals surface area contributed by atoms with Crippen LogP contribution in [0.2, 0.25) is 0 Å². The molecule has 0 saturated carbocycles. The average Bonchev–Trinajstić information content (AvgIpc) is 2.67. The Labute approximate surface area is 158 Å². The first-order valence-electron chi connectivity index (χ1n) is 9.08. The van der Waals surface area contributed by atoms with Crippen LogP contribution in [0.3, 0.4) is 0 Å². The van der Waals surface area contributed by atoms with Gasteiger partial charge < -0.3 is 15.2 Å². The van der Waals surface area contributed by atoms with Crippen LogP contribution in [-0.4, -0.2) is 59.3 Å². The summed E-state index contributed by atoms with van der Waals surface area (Å²) in [7, 11) is 0. The summed E-state index contributed by atoms with van der Waals surface area (Å²) in [6, 6.07) is 10.8. The van der Waals surface area contributed by atoms with Crippen molar-refractivity contribution in [1.29, 1.82) is 0 Å². The van der Waals surface area contributed by atoms with Crippen LogP contribution in [0.15, 0.2) is 47.4 Å². The predicted octanol–water partition coefficient (Wildman–Crippen LogP) is 1.33. The second kappa shape index (κ2) is 8.64. The molecule has 0 spiro atoms. The molecule has 142 valence electrons. The molecule has 2 amide bonds. The van der Waals surface area contributed by atoms with Gasteiger partial charge in [-0.05, 0) is 30.2 Å². The highest BCUT2D eigenvalue weighted by Gasteiger charge is 2.21.